The maximum Gasteiger partial charge on any atom is 0.326 e. The van der Waals surface area contributed by atoms with E-state index in [1.807, 2.05) is 0 Å². The molecule has 13 heteroatoms. The molecule has 142 valence electrons. The Morgan fingerprint density at radius 2 is 1.78 bits per heavy atom. The molecule has 4 rings (SSSR count). The van der Waals surface area contributed by atoms with Crippen molar-refractivity contribution in [2.45, 2.75) is 4.90 Å². The molecule has 0 saturated heterocycles. The van der Waals surface area contributed by atoms with Gasteiger partial charge in [-0.15, -0.1) is 0 Å². The van der Waals surface area contributed by atoms with Gasteiger partial charge in [0.25, 0.3) is 10.0 Å². The topological polar surface area (TPSA) is 113 Å². The standard InChI is InChI=1S/C14H12FN5O4S3/c1-19-11-6-8(15)10(7-12(11)20(2)27(19,23)24)18-26(21,22)13-5-3-4-9-14(13)17-25-16-9/h3-7,18H,1-2H3. The van der Waals surface area contributed by atoms with Crippen molar-refractivity contribution in [3.05, 3.63) is 36.1 Å². The van der Waals surface area contributed by atoms with Crippen molar-refractivity contribution in [1.29, 1.82) is 0 Å². The summed E-state index contributed by atoms with van der Waals surface area (Å²) in [6.07, 6.45) is 0. The first kappa shape index (κ1) is 17.9. The van der Waals surface area contributed by atoms with E-state index in [1.165, 1.54) is 26.2 Å². The van der Waals surface area contributed by atoms with Crippen molar-refractivity contribution >= 4 is 60.1 Å². The second kappa shape index (κ2) is 5.74. The fraction of sp³-hybridized carbons (Fsp3) is 0.143. The van der Waals surface area contributed by atoms with Crippen LogP contribution >= 0.6 is 11.7 Å². The number of rotatable bonds is 3. The van der Waals surface area contributed by atoms with Gasteiger partial charge in [0.15, 0.2) is 0 Å². The molecule has 2 heterocycles. The fourth-order valence-electron chi connectivity index (χ4n) is 2.76. The molecule has 1 aliphatic rings. The van der Waals surface area contributed by atoms with Crippen LogP contribution < -0.4 is 13.3 Å². The van der Waals surface area contributed by atoms with Crippen molar-refractivity contribution in [2.24, 2.45) is 0 Å². The molecular formula is C14H12FN5O4S3. The number of halogens is 1. The molecule has 27 heavy (non-hydrogen) atoms. The third-order valence-corrected chi connectivity index (χ3v) is 7.94. The maximum absolute atomic E-state index is 14.5. The second-order valence-corrected chi connectivity index (χ2v) is 9.93. The predicted octanol–water partition coefficient (Wildman–Crippen LogP) is 1.76. The molecule has 0 radical (unpaired) electrons. The van der Waals surface area contributed by atoms with E-state index in [4.69, 9.17) is 0 Å². The van der Waals surface area contributed by atoms with Crippen LogP contribution in [0.2, 0.25) is 0 Å². The lowest BCUT2D eigenvalue weighted by atomic mass is 10.2. The van der Waals surface area contributed by atoms with Crippen molar-refractivity contribution in [3.8, 4) is 0 Å². The first-order chi connectivity index (χ1) is 12.6. The number of sulfonamides is 1. The molecule has 0 fully saturated rings. The smallest absolute Gasteiger partial charge is 0.277 e. The molecule has 0 aliphatic carbocycles. The Bertz CT molecular complexity index is 1290. The molecule has 0 atom stereocenters. The van der Waals surface area contributed by atoms with Gasteiger partial charge in [-0.05, 0) is 18.2 Å². The summed E-state index contributed by atoms with van der Waals surface area (Å²) >= 11 is 0.864. The van der Waals surface area contributed by atoms with Gasteiger partial charge in [-0.25, -0.2) is 12.8 Å². The van der Waals surface area contributed by atoms with E-state index in [2.05, 4.69) is 13.5 Å². The zero-order valence-corrected chi connectivity index (χ0v) is 16.4. The summed E-state index contributed by atoms with van der Waals surface area (Å²) < 4.78 is 76.4. The molecule has 3 aromatic rings. The summed E-state index contributed by atoms with van der Waals surface area (Å²) in [7, 11) is -5.39. The molecular weight excluding hydrogens is 417 g/mol. The van der Waals surface area contributed by atoms with Gasteiger partial charge < -0.3 is 0 Å². The lowest BCUT2D eigenvalue weighted by molar-refractivity contribution is 0.594. The van der Waals surface area contributed by atoms with E-state index in [1.54, 1.807) is 6.07 Å². The van der Waals surface area contributed by atoms with Crippen molar-refractivity contribution < 1.29 is 21.2 Å². The summed E-state index contributed by atoms with van der Waals surface area (Å²) in [4.78, 5) is -0.147. The third-order valence-electron chi connectivity index (χ3n) is 4.22. The Balaban J connectivity index is 1.80. The molecule has 2 aromatic carbocycles. The highest BCUT2D eigenvalue weighted by molar-refractivity contribution is 7.94. The number of nitrogens with one attached hydrogen (secondary N) is 1. The van der Waals surface area contributed by atoms with Gasteiger partial charge in [0.05, 0.1) is 28.8 Å². The van der Waals surface area contributed by atoms with Gasteiger partial charge in [-0.1, -0.05) is 6.07 Å². The number of hydrogen-bond acceptors (Lipinski definition) is 7. The van der Waals surface area contributed by atoms with Crippen LogP contribution in [-0.4, -0.2) is 39.7 Å². The normalized spacial score (nSPS) is 16.0. The molecule has 1 aromatic heterocycles. The Hall–Kier alpha value is -2.51. The fourth-order valence-corrected chi connectivity index (χ4v) is 5.75. The quantitative estimate of drug-likeness (QED) is 0.679. The first-order valence-corrected chi connectivity index (χ1v) is 11.0. The van der Waals surface area contributed by atoms with Crippen LogP contribution in [0.25, 0.3) is 11.0 Å². The molecule has 0 amide bonds. The molecule has 0 spiro atoms. The summed E-state index contributed by atoms with van der Waals surface area (Å²) in [5, 5.41) is 0. The highest BCUT2D eigenvalue weighted by Gasteiger charge is 2.36. The SMILES string of the molecule is CN1c2cc(F)c(NS(=O)(=O)c3cccc4nsnc34)cc2N(C)S1(=O)=O. The minimum atomic E-state index is -4.18. The van der Waals surface area contributed by atoms with E-state index < -0.39 is 26.0 Å². The summed E-state index contributed by atoms with van der Waals surface area (Å²) in [5.41, 5.74) is 0.487. The Morgan fingerprint density at radius 1 is 1.11 bits per heavy atom. The molecule has 9 nitrogen and oxygen atoms in total. The number of aromatic nitrogens is 2. The molecule has 0 bridgehead atoms. The van der Waals surface area contributed by atoms with E-state index in [9.17, 15) is 21.2 Å². The Labute approximate surface area is 158 Å². The van der Waals surface area contributed by atoms with E-state index >= 15 is 0 Å². The summed E-state index contributed by atoms with van der Waals surface area (Å²) in [5.74, 6) is -0.904. The van der Waals surface area contributed by atoms with Crippen LogP contribution in [0.15, 0.2) is 35.2 Å². The van der Waals surface area contributed by atoms with Gasteiger partial charge in [-0.2, -0.15) is 17.2 Å². The minimum absolute atomic E-state index is 0.115. The van der Waals surface area contributed by atoms with E-state index in [-0.39, 0.29) is 27.5 Å². The predicted molar refractivity (Wildman–Crippen MR) is 100 cm³/mol. The van der Waals surface area contributed by atoms with Crippen LogP contribution in [0.3, 0.4) is 0 Å². The van der Waals surface area contributed by atoms with Crippen LogP contribution in [0, 0.1) is 5.82 Å². The van der Waals surface area contributed by atoms with Gasteiger partial charge in [-0.3, -0.25) is 13.3 Å². The van der Waals surface area contributed by atoms with Crippen LogP contribution in [0.4, 0.5) is 21.5 Å². The van der Waals surface area contributed by atoms with Gasteiger partial charge >= 0.3 is 10.2 Å². The van der Waals surface area contributed by atoms with Crippen molar-refractivity contribution in [2.75, 3.05) is 27.4 Å². The molecule has 0 saturated carbocycles. The number of fused-ring (bicyclic) bond motifs is 2. The highest BCUT2D eigenvalue weighted by Crippen LogP contribution is 2.42. The Kier molecular flexibility index (Phi) is 3.80. The first-order valence-electron chi connectivity index (χ1n) is 7.43. The Morgan fingerprint density at radius 3 is 2.48 bits per heavy atom. The van der Waals surface area contributed by atoms with Crippen molar-refractivity contribution in [3.63, 3.8) is 0 Å². The number of benzene rings is 2. The summed E-state index contributed by atoms with van der Waals surface area (Å²) in [6.45, 7) is 0. The average Bonchev–Trinajstić information content (AvgIpc) is 3.15. The average molecular weight is 429 g/mol. The number of nitrogens with zero attached hydrogens (tertiary/aromatic N) is 4. The highest BCUT2D eigenvalue weighted by atomic mass is 32.2. The largest absolute Gasteiger partial charge is 0.326 e. The maximum atomic E-state index is 14.5. The lowest BCUT2D eigenvalue weighted by Gasteiger charge is -2.13. The molecule has 1 N–H and O–H groups in total. The van der Waals surface area contributed by atoms with Crippen LogP contribution in [0.5, 0.6) is 0 Å². The van der Waals surface area contributed by atoms with Gasteiger partial charge in [0, 0.05) is 20.2 Å². The van der Waals surface area contributed by atoms with E-state index in [0.717, 1.165) is 32.5 Å². The van der Waals surface area contributed by atoms with Gasteiger partial charge in [0.1, 0.15) is 21.7 Å². The number of hydrogen-bond donors (Lipinski definition) is 1. The van der Waals surface area contributed by atoms with Crippen LogP contribution in [-0.2, 0) is 20.2 Å². The number of anilines is 3. The van der Waals surface area contributed by atoms with Crippen molar-refractivity contribution in [1.82, 2.24) is 8.75 Å². The van der Waals surface area contributed by atoms with Gasteiger partial charge in [0.2, 0.25) is 0 Å². The van der Waals surface area contributed by atoms with Crippen LogP contribution in [0.1, 0.15) is 0 Å². The second-order valence-electron chi connectivity index (χ2n) is 5.76. The third kappa shape index (κ3) is 2.61. The zero-order chi connectivity index (χ0) is 19.6. The summed E-state index contributed by atoms with van der Waals surface area (Å²) in [6, 6.07) is 6.57. The molecule has 0 unspecified atom stereocenters. The molecule has 1 aliphatic heterocycles. The monoisotopic (exact) mass is 429 g/mol. The minimum Gasteiger partial charge on any atom is -0.277 e. The zero-order valence-electron chi connectivity index (χ0n) is 13.9. The van der Waals surface area contributed by atoms with E-state index in [0.29, 0.717) is 5.52 Å². The lowest BCUT2D eigenvalue weighted by Crippen LogP contribution is -2.32.